The van der Waals surface area contributed by atoms with Gasteiger partial charge < -0.3 is 10.1 Å². The first-order valence-electron chi connectivity index (χ1n) is 7.09. The maximum atomic E-state index is 12.0. The number of amides is 1. The maximum absolute atomic E-state index is 12.0. The number of hydrogen-bond acceptors (Lipinski definition) is 2. The van der Waals surface area contributed by atoms with Crippen molar-refractivity contribution in [2.45, 2.75) is 51.4 Å². The highest BCUT2D eigenvalue weighted by Gasteiger charge is 2.51. The van der Waals surface area contributed by atoms with Crippen molar-refractivity contribution < 1.29 is 9.53 Å². The van der Waals surface area contributed by atoms with Crippen LogP contribution in [0.15, 0.2) is 30.3 Å². The Morgan fingerprint density at radius 1 is 1.16 bits per heavy atom. The Morgan fingerprint density at radius 3 is 2.42 bits per heavy atom. The van der Waals surface area contributed by atoms with Gasteiger partial charge in [0.25, 0.3) is 0 Å². The Hall–Kier alpha value is -1.35. The Morgan fingerprint density at radius 2 is 1.79 bits per heavy atom. The van der Waals surface area contributed by atoms with Crippen molar-refractivity contribution in [3.05, 3.63) is 35.9 Å². The van der Waals surface area contributed by atoms with Crippen LogP contribution in [0.2, 0.25) is 0 Å². The molecule has 1 N–H and O–H groups in total. The summed E-state index contributed by atoms with van der Waals surface area (Å²) in [5.41, 5.74) is 1.24. The molecule has 1 aromatic rings. The Labute approximate surface area is 114 Å². The summed E-state index contributed by atoms with van der Waals surface area (Å²) in [5, 5.41) is 3.18. The molecule has 3 rings (SSSR count). The fourth-order valence-corrected chi connectivity index (χ4v) is 3.97. The van der Waals surface area contributed by atoms with Gasteiger partial charge in [-0.3, -0.25) is 4.79 Å². The lowest BCUT2D eigenvalue weighted by Gasteiger charge is -2.43. The van der Waals surface area contributed by atoms with E-state index < -0.39 is 0 Å². The lowest BCUT2D eigenvalue weighted by atomic mass is 9.68. The molecule has 102 valence electrons. The third-order valence-corrected chi connectivity index (χ3v) is 4.42. The molecule has 0 bridgehead atoms. The van der Waals surface area contributed by atoms with E-state index in [0.717, 1.165) is 12.8 Å². The van der Waals surface area contributed by atoms with E-state index in [1.54, 1.807) is 0 Å². The number of rotatable bonds is 1. The van der Waals surface area contributed by atoms with Gasteiger partial charge in [-0.1, -0.05) is 30.3 Å². The minimum Gasteiger partial charge on any atom is -0.376 e. The Kier molecular flexibility index (Phi) is 3.09. The quantitative estimate of drug-likeness (QED) is 0.842. The third kappa shape index (κ3) is 2.27. The van der Waals surface area contributed by atoms with Gasteiger partial charge in [-0.2, -0.15) is 0 Å². The second-order valence-corrected chi connectivity index (χ2v) is 6.12. The molecule has 2 aliphatic heterocycles. The monoisotopic (exact) mass is 259 g/mol. The molecule has 2 saturated heterocycles. The van der Waals surface area contributed by atoms with Crippen LogP contribution in [0.4, 0.5) is 0 Å². The van der Waals surface area contributed by atoms with Crippen molar-refractivity contribution in [2.75, 3.05) is 0 Å². The number of ether oxygens (including phenoxy) is 1. The predicted octanol–water partition coefficient (Wildman–Crippen LogP) is 2.82. The minimum atomic E-state index is 0.0233. The van der Waals surface area contributed by atoms with Crippen molar-refractivity contribution in [2.24, 2.45) is 5.41 Å². The van der Waals surface area contributed by atoms with E-state index in [-0.39, 0.29) is 29.6 Å². The van der Waals surface area contributed by atoms with Crippen LogP contribution in [0.25, 0.3) is 0 Å². The summed E-state index contributed by atoms with van der Waals surface area (Å²) < 4.78 is 5.85. The van der Waals surface area contributed by atoms with Crippen molar-refractivity contribution in [3.8, 4) is 0 Å². The summed E-state index contributed by atoms with van der Waals surface area (Å²) in [4.78, 5) is 12.0. The van der Waals surface area contributed by atoms with E-state index in [0.29, 0.717) is 6.42 Å². The van der Waals surface area contributed by atoms with E-state index in [4.69, 9.17) is 4.74 Å². The molecule has 3 nitrogen and oxygen atoms in total. The topological polar surface area (TPSA) is 38.3 Å². The highest BCUT2D eigenvalue weighted by molar-refractivity contribution is 5.80. The summed E-state index contributed by atoms with van der Waals surface area (Å²) in [6.45, 7) is 4.23. The summed E-state index contributed by atoms with van der Waals surface area (Å²) in [5.74, 6) is 0.176. The molecule has 0 aromatic heterocycles. The molecule has 19 heavy (non-hydrogen) atoms. The molecule has 0 saturated carbocycles. The molecule has 3 unspecified atom stereocenters. The molecule has 1 spiro atoms. The molecule has 1 aromatic carbocycles. The second kappa shape index (κ2) is 4.64. The highest BCUT2D eigenvalue weighted by atomic mass is 16.5. The number of nitrogens with one attached hydrogen (secondary N) is 1. The van der Waals surface area contributed by atoms with Gasteiger partial charge in [0.1, 0.15) is 0 Å². The first-order chi connectivity index (χ1) is 9.09. The van der Waals surface area contributed by atoms with Gasteiger partial charge in [0.2, 0.25) is 5.91 Å². The van der Waals surface area contributed by atoms with Gasteiger partial charge in [-0.25, -0.2) is 0 Å². The predicted molar refractivity (Wildman–Crippen MR) is 73.6 cm³/mol. The molecule has 1 amide bonds. The summed E-state index contributed by atoms with van der Waals surface area (Å²) >= 11 is 0. The van der Waals surface area contributed by atoms with E-state index in [2.05, 4.69) is 31.3 Å². The second-order valence-electron chi connectivity index (χ2n) is 6.12. The molecule has 0 aliphatic carbocycles. The average molecular weight is 259 g/mol. The summed E-state index contributed by atoms with van der Waals surface area (Å²) in [6, 6.07) is 10.5. The number of carbonyl (C=O) groups excluding carboxylic acids is 1. The van der Waals surface area contributed by atoms with Gasteiger partial charge in [0, 0.05) is 11.8 Å². The minimum absolute atomic E-state index is 0.0233. The number of hydrogen-bond donors (Lipinski definition) is 1. The van der Waals surface area contributed by atoms with Crippen LogP contribution in [0.1, 0.15) is 44.7 Å². The van der Waals surface area contributed by atoms with Crippen LogP contribution in [-0.2, 0) is 9.53 Å². The van der Waals surface area contributed by atoms with E-state index in [9.17, 15) is 4.79 Å². The SMILES string of the molecule is CC1CC2(CC(=O)NC2c2ccccc2)CC(C)O1. The molecular formula is C16H21NO2. The van der Waals surface area contributed by atoms with E-state index in [1.807, 2.05) is 18.2 Å². The zero-order chi connectivity index (χ0) is 13.5. The van der Waals surface area contributed by atoms with Crippen LogP contribution < -0.4 is 5.32 Å². The first kappa shape index (κ1) is 12.7. The summed E-state index contributed by atoms with van der Waals surface area (Å²) in [7, 11) is 0. The van der Waals surface area contributed by atoms with Crippen molar-refractivity contribution in [1.29, 1.82) is 0 Å². The van der Waals surface area contributed by atoms with Gasteiger partial charge in [-0.15, -0.1) is 0 Å². The molecule has 2 aliphatic rings. The fraction of sp³-hybridized carbons (Fsp3) is 0.562. The van der Waals surface area contributed by atoms with Gasteiger partial charge >= 0.3 is 0 Å². The zero-order valence-electron chi connectivity index (χ0n) is 11.6. The lowest BCUT2D eigenvalue weighted by molar-refractivity contribution is -0.121. The molecule has 2 fully saturated rings. The van der Waals surface area contributed by atoms with E-state index >= 15 is 0 Å². The van der Waals surface area contributed by atoms with Crippen LogP contribution in [-0.4, -0.2) is 18.1 Å². The molecule has 2 heterocycles. The maximum Gasteiger partial charge on any atom is 0.221 e. The van der Waals surface area contributed by atoms with Gasteiger partial charge in [0.05, 0.1) is 18.2 Å². The van der Waals surface area contributed by atoms with Crippen LogP contribution in [0.3, 0.4) is 0 Å². The fourth-order valence-electron chi connectivity index (χ4n) is 3.97. The van der Waals surface area contributed by atoms with E-state index in [1.165, 1.54) is 5.56 Å². The normalized spacial score (nSPS) is 38.4. The average Bonchev–Trinajstić information content (AvgIpc) is 2.65. The van der Waals surface area contributed by atoms with Crippen LogP contribution in [0, 0.1) is 5.41 Å². The Bertz CT molecular complexity index is 461. The molecule has 0 radical (unpaired) electrons. The zero-order valence-corrected chi connectivity index (χ0v) is 11.6. The Balaban J connectivity index is 1.96. The third-order valence-electron chi connectivity index (χ3n) is 4.42. The number of benzene rings is 1. The molecule has 3 heteroatoms. The highest BCUT2D eigenvalue weighted by Crippen LogP contribution is 2.51. The first-order valence-corrected chi connectivity index (χ1v) is 7.09. The summed E-state index contributed by atoms with van der Waals surface area (Å²) in [6.07, 6.45) is 2.99. The smallest absolute Gasteiger partial charge is 0.221 e. The largest absolute Gasteiger partial charge is 0.376 e. The van der Waals surface area contributed by atoms with Gasteiger partial charge in [0.15, 0.2) is 0 Å². The van der Waals surface area contributed by atoms with Crippen molar-refractivity contribution >= 4 is 5.91 Å². The molecular weight excluding hydrogens is 238 g/mol. The van der Waals surface area contributed by atoms with Gasteiger partial charge in [-0.05, 0) is 32.3 Å². The standard InChI is InChI=1S/C16H21NO2/c1-11-8-16(9-12(2)19-11)10-14(18)17-15(16)13-6-4-3-5-7-13/h3-7,11-12,15H,8-10H2,1-2H3,(H,17,18). The van der Waals surface area contributed by atoms with Crippen molar-refractivity contribution in [3.63, 3.8) is 0 Å². The lowest BCUT2D eigenvalue weighted by Crippen LogP contribution is -2.41. The van der Waals surface area contributed by atoms with Crippen molar-refractivity contribution in [1.82, 2.24) is 5.32 Å². The van der Waals surface area contributed by atoms with Crippen LogP contribution >= 0.6 is 0 Å². The molecule has 3 atom stereocenters. The van der Waals surface area contributed by atoms with Crippen LogP contribution in [0.5, 0.6) is 0 Å². The number of carbonyl (C=O) groups is 1.